The van der Waals surface area contributed by atoms with Gasteiger partial charge in [-0.2, -0.15) is 0 Å². The van der Waals surface area contributed by atoms with Gasteiger partial charge in [0.1, 0.15) is 0 Å². The number of hydrogen-bond acceptors (Lipinski definition) is 2. The van der Waals surface area contributed by atoms with Gasteiger partial charge in [0.15, 0.2) is 0 Å². The summed E-state index contributed by atoms with van der Waals surface area (Å²) in [6, 6.07) is 0. The molecule has 1 fully saturated rings. The van der Waals surface area contributed by atoms with E-state index >= 15 is 0 Å². The van der Waals surface area contributed by atoms with Gasteiger partial charge in [-0.15, -0.1) is 0 Å². The summed E-state index contributed by atoms with van der Waals surface area (Å²) >= 11 is 0. The van der Waals surface area contributed by atoms with Crippen LogP contribution in [0.15, 0.2) is 0 Å². The largest absolute Gasteiger partial charge is 0.302 e. The summed E-state index contributed by atoms with van der Waals surface area (Å²) in [7, 11) is 0. The second-order valence-corrected chi connectivity index (χ2v) is 2.83. The van der Waals surface area contributed by atoms with Crippen LogP contribution in [-0.2, 0) is 0 Å². The molecule has 10 heavy (non-hydrogen) atoms. The standard InChI is InChI=1S/C8H18N2/c1-3-10(4-2)8-6-5-7-9-8/h8-9H,3-7H2,1-2H3. The molecule has 1 rings (SSSR count). The highest BCUT2D eigenvalue weighted by Crippen LogP contribution is 2.08. The van der Waals surface area contributed by atoms with Crippen LogP contribution in [0.25, 0.3) is 0 Å². The minimum absolute atomic E-state index is 0.676. The maximum atomic E-state index is 3.48. The van der Waals surface area contributed by atoms with Gasteiger partial charge in [0, 0.05) is 0 Å². The first-order chi connectivity index (χ1) is 4.88. The highest BCUT2D eigenvalue weighted by atomic mass is 15.3. The molecule has 1 saturated heterocycles. The predicted octanol–water partition coefficient (Wildman–Crippen LogP) is 1.04. The Morgan fingerprint density at radius 3 is 2.50 bits per heavy atom. The van der Waals surface area contributed by atoms with Gasteiger partial charge in [-0.3, -0.25) is 4.90 Å². The molecule has 1 aliphatic rings. The fourth-order valence-electron chi connectivity index (χ4n) is 1.64. The Morgan fingerprint density at radius 2 is 2.10 bits per heavy atom. The molecule has 1 N–H and O–H groups in total. The van der Waals surface area contributed by atoms with Crippen molar-refractivity contribution in [3.8, 4) is 0 Å². The summed E-state index contributed by atoms with van der Waals surface area (Å²) in [5.74, 6) is 0. The minimum atomic E-state index is 0.676. The van der Waals surface area contributed by atoms with E-state index in [4.69, 9.17) is 0 Å². The molecule has 1 aliphatic heterocycles. The molecule has 0 aromatic rings. The minimum Gasteiger partial charge on any atom is -0.302 e. The Labute approximate surface area is 63.6 Å². The van der Waals surface area contributed by atoms with E-state index in [0.29, 0.717) is 6.17 Å². The van der Waals surface area contributed by atoms with Gasteiger partial charge in [0.2, 0.25) is 0 Å². The topological polar surface area (TPSA) is 15.3 Å². The average Bonchev–Trinajstić information content (AvgIpc) is 2.43. The quantitative estimate of drug-likeness (QED) is 0.633. The second-order valence-electron chi connectivity index (χ2n) is 2.83. The van der Waals surface area contributed by atoms with Crippen LogP contribution in [0.3, 0.4) is 0 Å². The molecule has 0 aliphatic carbocycles. The van der Waals surface area contributed by atoms with Gasteiger partial charge in [-0.25, -0.2) is 0 Å². The summed E-state index contributed by atoms with van der Waals surface area (Å²) in [4.78, 5) is 2.48. The third-order valence-electron chi connectivity index (χ3n) is 2.29. The van der Waals surface area contributed by atoms with E-state index in [1.165, 1.54) is 32.5 Å². The Bertz CT molecular complexity index is 83.3. The zero-order chi connectivity index (χ0) is 7.40. The van der Waals surface area contributed by atoms with Crippen LogP contribution >= 0.6 is 0 Å². The van der Waals surface area contributed by atoms with Crippen molar-refractivity contribution in [3.63, 3.8) is 0 Å². The van der Waals surface area contributed by atoms with E-state index in [9.17, 15) is 0 Å². The molecule has 1 heterocycles. The van der Waals surface area contributed by atoms with Crippen molar-refractivity contribution in [3.05, 3.63) is 0 Å². The van der Waals surface area contributed by atoms with E-state index in [2.05, 4.69) is 24.1 Å². The summed E-state index contributed by atoms with van der Waals surface area (Å²) in [6.07, 6.45) is 3.36. The van der Waals surface area contributed by atoms with Crippen molar-refractivity contribution < 1.29 is 0 Å². The zero-order valence-corrected chi connectivity index (χ0v) is 7.06. The predicted molar refractivity (Wildman–Crippen MR) is 43.9 cm³/mol. The third-order valence-corrected chi connectivity index (χ3v) is 2.29. The van der Waals surface area contributed by atoms with Crippen LogP contribution in [0.4, 0.5) is 0 Å². The first-order valence-electron chi connectivity index (χ1n) is 4.36. The molecular weight excluding hydrogens is 124 g/mol. The lowest BCUT2D eigenvalue weighted by atomic mass is 10.3. The lowest BCUT2D eigenvalue weighted by Gasteiger charge is -2.25. The number of nitrogens with one attached hydrogen (secondary N) is 1. The molecule has 60 valence electrons. The molecule has 0 aromatic carbocycles. The summed E-state index contributed by atoms with van der Waals surface area (Å²) in [6.45, 7) is 8.01. The van der Waals surface area contributed by atoms with E-state index < -0.39 is 0 Å². The number of rotatable bonds is 3. The van der Waals surface area contributed by atoms with Crippen molar-refractivity contribution in [1.29, 1.82) is 0 Å². The fourth-order valence-corrected chi connectivity index (χ4v) is 1.64. The normalized spacial score (nSPS) is 26.1. The first kappa shape index (κ1) is 8.02. The Kier molecular flexibility index (Phi) is 3.16. The Morgan fingerprint density at radius 1 is 1.40 bits per heavy atom. The lowest BCUT2D eigenvalue weighted by Crippen LogP contribution is -2.41. The molecule has 0 spiro atoms. The molecular formula is C8H18N2. The van der Waals surface area contributed by atoms with E-state index in [0.717, 1.165) is 0 Å². The SMILES string of the molecule is CCN(CC)C1CCCN1. The summed E-state index contributed by atoms with van der Waals surface area (Å²) in [5, 5.41) is 3.48. The van der Waals surface area contributed by atoms with E-state index in [-0.39, 0.29) is 0 Å². The van der Waals surface area contributed by atoms with Crippen LogP contribution < -0.4 is 5.32 Å². The van der Waals surface area contributed by atoms with Crippen LogP contribution in [0, 0.1) is 0 Å². The molecule has 2 heteroatoms. The zero-order valence-electron chi connectivity index (χ0n) is 7.06. The monoisotopic (exact) mass is 142 g/mol. The van der Waals surface area contributed by atoms with Crippen molar-refractivity contribution >= 4 is 0 Å². The molecule has 0 radical (unpaired) electrons. The van der Waals surface area contributed by atoms with Crippen molar-refractivity contribution in [2.45, 2.75) is 32.9 Å². The van der Waals surface area contributed by atoms with Gasteiger partial charge in [-0.1, -0.05) is 13.8 Å². The fraction of sp³-hybridized carbons (Fsp3) is 1.00. The van der Waals surface area contributed by atoms with Crippen molar-refractivity contribution in [2.24, 2.45) is 0 Å². The van der Waals surface area contributed by atoms with Crippen molar-refractivity contribution in [2.75, 3.05) is 19.6 Å². The van der Waals surface area contributed by atoms with Gasteiger partial charge in [0.05, 0.1) is 6.17 Å². The summed E-state index contributed by atoms with van der Waals surface area (Å²) in [5.41, 5.74) is 0. The highest BCUT2D eigenvalue weighted by molar-refractivity contribution is 4.73. The molecule has 0 saturated carbocycles. The number of hydrogen-bond donors (Lipinski definition) is 1. The summed E-state index contributed by atoms with van der Waals surface area (Å²) < 4.78 is 0. The molecule has 0 bridgehead atoms. The highest BCUT2D eigenvalue weighted by Gasteiger charge is 2.18. The molecule has 1 atom stereocenters. The van der Waals surface area contributed by atoms with Crippen LogP contribution in [0.5, 0.6) is 0 Å². The molecule has 2 nitrogen and oxygen atoms in total. The second kappa shape index (κ2) is 3.94. The smallest absolute Gasteiger partial charge is 0.0597 e. The van der Waals surface area contributed by atoms with Crippen LogP contribution in [0.2, 0.25) is 0 Å². The van der Waals surface area contributed by atoms with Crippen LogP contribution in [0.1, 0.15) is 26.7 Å². The van der Waals surface area contributed by atoms with Gasteiger partial charge in [0.25, 0.3) is 0 Å². The number of nitrogens with zero attached hydrogens (tertiary/aromatic N) is 1. The van der Waals surface area contributed by atoms with E-state index in [1.807, 2.05) is 0 Å². The molecule has 0 amide bonds. The third kappa shape index (κ3) is 1.70. The van der Waals surface area contributed by atoms with Gasteiger partial charge in [-0.05, 0) is 32.5 Å². The average molecular weight is 142 g/mol. The maximum absolute atomic E-state index is 3.48. The Hall–Kier alpha value is -0.0800. The van der Waals surface area contributed by atoms with E-state index in [1.54, 1.807) is 0 Å². The molecule has 1 unspecified atom stereocenters. The van der Waals surface area contributed by atoms with Crippen molar-refractivity contribution in [1.82, 2.24) is 10.2 Å². The van der Waals surface area contributed by atoms with Gasteiger partial charge < -0.3 is 5.32 Å². The first-order valence-corrected chi connectivity index (χ1v) is 4.36. The maximum Gasteiger partial charge on any atom is 0.0597 e. The van der Waals surface area contributed by atoms with Gasteiger partial charge >= 0.3 is 0 Å². The van der Waals surface area contributed by atoms with Crippen LogP contribution in [-0.4, -0.2) is 30.7 Å². The Balaban J connectivity index is 2.29. The molecule has 0 aromatic heterocycles. The lowest BCUT2D eigenvalue weighted by molar-refractivity contribution is 0.201.